The van der Waals surface area contributed by atoms with Gasteiger partial charge in [0.1, 0.15) is 24.4 Å². The Morgan fingerprint density at radius 3 is 1.19 bits per heavy atom. The zero-order valence-electron chi connectivity index (χ0n) is 54.2. The molecular weight excluding hydrogens is 1040 g/mol. The van der Waals surface area contributed by atoms with E-state index >= 15 is 0 Å². The lowest BCUT2D eigenvalue weighted by atomic mass is 9.99. The molecule has 1 rings (SSSR count). The van der Waals surface area contributed by atoms with Crippen LogP contribution in [0.1, 0.15) is 348 Å². The third-order valence-electron chi connectivity index (χ3n) is 17.0. The summed E-state index contributed by atoms with van der Waals surface area (Å²) in [5, 5.41) is 54.5. The number of allylic oxidation sites excluding steroid dienone is 5. The number of aliphatic hydroxyl groups excluding tert-OH is 5. The highest BCUT2D eigenvalue weighted by Crippen LogP contribution is 2.23. The van der Waals surface area contributed by atoms with E-state index in [2.05, 4.69) is 43.5 Å². The fourth-order valence-electron chi connectivity index (χ4n) is 11.3. The predicted octanol–water partition coefficient (Wildman–Crippen LogP) is 18.2. The van der Waals surface area contributed by atoms with Crippen LogP contribution in [0.25, 0.3) is 0 Å². The maximum Gasteiger partial charge on any atom is 0.305 e. The van der Waals surface area contributed by atoms with Crippen LogP contribution in [-0.4, -0.2) is 100 Å². The number of aliphatic hydroxyl groups is 5. The third kappa shape index (κ3) is 50.6. The lowest BCUT2D eigenvalue weighted by Gasteiger charge is -2.40. The molecular formula is C72H135NO10. The van der Waals surface area contributed by atoms with E-state index in [1.807, 2.05) is 6.08 Å². The summed E-state index contributed by atoms with van der Waals surface area (Å²) in [5.41, 5.74) is 0. The second-order valence-corrected chi connectivity index (χ2v) is 24.9. The Hall–Kier alpha value is -2.12. The van der Waals surface area contributed by atoms with Crippen molar-refractivity contribution >= 4 is 11.9 Å². The fraction of sp³-hybridized carbons (Fsp3) is 0.889. The average molecular weight is 1170 g/mol. The zero-order chi connectivity index (χ0) is 60.2. The van der Waals surface area contributed by atoms with Gasteiger partial charge in [0.2, 0.25) is 5.91 Å². The van der Waals surface area contributed by atoms with Gasteiger partial charge in [-0.05, 0) is 70.6 Å². The molecule has 6 N–H and O–H groups in total. The van der Waals surface area contributed by atoms with E-state index in [-0.39, 0.29) is 18.5 Å². The van der Waals surface area contributed by atoms with E-state index in [1.54, 1.807) is 6.08 Å². The van der Waals surface area contributed by atoms with Gasteiger partial charge in [0.05, 0.1) is 32.0 Å². The summed E-state index contributed by atoms with van der Waals surface area (Å²) in [6.45, 7) is 4.36. The van der Waals surface area contributed by atoms with Gasteiger partial charge < -0.3 is 45.1 Å². The normalized spacial score (nSPS) is 18.3. The smallest absolute Gasteiger partial charge is 0.305 e. The van der Waals surface area contributed by atoms with Crippen molar-refractivity contribution in [3.63, 3.8) is 0 Å². The molecule has 0 aliphatic carbocycles. The Morgan fingerprint density at radius 2 is 0.783 bits per heavy atom. The van der Waals surface area contributed by atoms with Gasteiger partial charge in [-0.2, -0.15) is 0 Å². The summed E-state index contributed by atoms with van der Waals surface area (Å²) in [7, 11) is 0. The topological polar surface area (TPSA) is 175 Å². The molecule has 0 aromatic heterocycles. The van der Waals surface area contributed by atoms with E-state index in [1.165, 1.54) is 263 Å². The quantitative estimate of drug-likeness (QED) is 0.0195. The molecule has 1 fully saturated rings. The highest BCUT2D eigenvalue weighted by molar-refractivity contribution is 5.76. The number of nitrogens with one attached hydrogen (secondary N) is 1. The summed E-state index contributed by atoms with van der Waals surface area (Å²) in [6.07, 6.45) is 68.4. The third-order valence-corrected chi connectivity index (χ3v) is 17.0. The summed E-state index contributed by atoms with van der Waals surface area (Å²) in [6, 6.07) is -0.827. The first-order chi connectivity index (χ1) is 40.7. The molecule has 488 valence electrons. The maximum absolute atomic E-state index is 13.1. The molecule has 1 aliphatic heterocycles. The van der Waals surface area contributed by atoms with Crippen molar-refractivity contribution in [2.24, 2.45) is 0 Å². The number of unbranched alkanes of at least 4 members (excludes halogenated alkanes) is 45. The zero-order valence-corrected chi connectivity index (χ0v) is 54.2. The maximum atomic E-state index is 13.1. The van der Waals surface area contributed by atoms with Crippen molar-refractivity contribution in [1.82, 2.24) is 5.32 Å². The summed E-state index contributed by atoms with van der Waals surface area (Å²) in [5.74, 6) is -0.181. The molecule has 7 atom stereocenters. The van der Waals surface area contributed by atoms with Crippen LogP contribution in [0, 0.1) is 0 Å². The SMILES string of the molecule is CCCCCCCCCCC/C=C/CC/C=C/C(O)C(COC1OC(CO)C(O)C(O)C1O)NC(=O)CCCCCCCCCCCCCCC/C=C\CCCCCCCCCCCCCCOC(=O)CCCCCCCCCCCCC. The van der Waals surface area contributed by atoms with Gasteiger partial charge in [-0.15, -0.1) is 0 Å². The van der Waals surface area contributed by atoms with Crippen molar-refractivity contribution in [1.29, 1.82) is 0 Å². The lowest BCUT2D eigenvalue weighted by Crippen LogP contribution is -2.60. The number of rotatable bonds is 63. The van der Waals surface area contributed by atoms with Crippen LogP contribution in [0.15, 0.2) is 36.5 Å². The molecule has 1 saturated heterocycles. The number of hydrogen-bond acceptors (Lipinski definition) is 10. The van der Waals surface area contributed by atoms with Gasteiger partial charge in [0.25, 0.3) is 0 Å². The van der Waals surface area contributed by atoms with Crippen LogP contribution >= 0.6 is 0 Å². The number of ether oxygens (including phenoxy) is 3. The monoisotopic (exact) mass is 1170 g/mol. The van der Waals surface area contributed by atoms with Gasteiger partial charge >= 0.3 is 5.97 Å². The summed E-state index contributed by atoms with van der Waals surface area (Å²) < 4.78 is 16.7. The van der Waals surface area contributed by atoms with Crippen LogP contribution in [0.3, 0.4) is 0 Å². The molecule has 0 saturated carbocycles. The van der Waals surface area contributed by atoms with Crippen molar-refractivity contribution in [3.05, 3.63) is 36.5 Å². The second-order valence-electron chi connectivity index (χ2n) is 24.9. The minimum atomic E-state index is -1.58. The van der Waals surface area contributed by atoms with E-state index in [4.69, 9.17) is 14.2 Å². The van der Waals surface area contributed by atoms with Crippen molar-refractivity contribution < 1.29 is 49.3 Å². The number of carbonyl (C=O) groups is 2. The lowest BCUT2D eigenvalue weighted by molar-refractivity contribution is -0.302. The van der Waals surface area contributed by atoms with Gasteiger partial charge in [-0.25, -0.2) is 0 Å². The summed E-state index contributed by atoms with van der Waals surface area (Å²) in [4.78, 5) is 25.1. The number of hydrogen-bond donors (Lipinski definition) is 6. The number of amides is 1. The van der Waals surface area contributed by atoms with Crippen LogP contribution in [0.4, 0.5) is 0 Å². The van der Waals surface area contributed by atoms with Gasteiger partial charge in [0, 0.05) is 12.8 Å². The first-order valence-electron chi connectivity index (χ1n) is 35.8. The fourth-order valence-corrected chi connectivity index (χ4v) is 11.3. The van der Waals surface area contributed by atoms with Gasteiger partial charge in [-0.3, -0.25) is 9.59 Å². The minimum absolute atomic E-state index is 0.00757. The Morgan fingerprint density at radius 1 is 0.434 bits per heavy atom. The first kappa shape index (κ1) is 78.9. The molecule has 7 unspecified atom stereocenters. The van der Waals surface area contributed by atoms with E-state index in [0.717, 1.165) is 57.8 Å². The number of esters is 1. The molecule has 11 nitrogen and oxygen atoms in total. The molecule has 0 aromatic rings. The van der Waals surface area contributed by atoms with E-state index in [0.29, 0.717) is 19.4 Å². The van der Waals surface area contributed by atoms with Crippen molar-refractivity contribution in [2.45, 2.75) is 391 Å². The molecule has 1 heterocycles. The molecule has 0 bridgehead atoms. The first-order valence-corrected chi connectivity index (χ1v) is 35.8. The molecule has 0 aromatic carbocycles. The van der Waals surface area contributed by atoms with Crippen LogP contribution in [-0.2, 0) is 23.8 Å². The molecule has 0 spiro atoms. The van der Waals surface area contributed by atoms with Gasteiger partial charge in [-0.1, -0.05) is 301 Å². The Balaban J connectivity index is 2.01. The molecule has 1 amide bonds. The average Bonchev–Trinajstić information content (AvgIpc) is 3.51. The molecule has 1 aliphatic rings. The minimum Gasteiger partial charge on any atom is -0.466 e. The molecule has 83 heavy (non-hydrogen) atoms. The highest BCUT2D eigenvalue weighted by atomic mass is 16.7. The standard InChI is InChI=1S/C72H135NO10/c1-3-5-7-9-11-13-15-16-32-35-39-42-46-50-54-58-65(75)64(63-82-72-71(80)70(79)69(78)66(62-74)83-72)73-67(76)59-55-51-47-43-40-36-33-30-28-26-24-22-20-18-17-19-21-23-25-27-29-31-34-37-41-45-49-53-57-61-81-68(77)60-56-52-48-44-38-14-12-10-8-6-4-2/h17,19,39,42,54,58,64-66,69-72,74-75,78-80H,3-16,18,20-38,40-41,43-53,55-57,59-63H2,1-2H3,(H,73,76)/b19-17-,42-39+,58-54+. The van der Waals surface area contributed by atoms with Gasteiger partial charge in [0.15, 0.2) is 6.29 Å². The predicted molar refractivity (Wildman–Crippen MR) is 347 cm³/mol. The number of carbonyl (C=O) groups excluding carboxylic acids is 2. The van der Waals surface area contributed by atoms with Crippen LogP contribution < -0.4 is 5.32 Å². The second kappa shape index (κ2) is 61.5. The molecule has 0 radical (unpaired) electrons. The summed E-state index contributed by atoms with van der Waals surface area (Å²) >= 11 is 0. The Kier molecular flexibility index (Phi) is 58.5. The Labute approximate surface area is 511 Å². The van der Waals surface area contributed by atoms with E-state index in [9.17, 15) is 35.1 Å². The largest absolute Gasteiger partial charge is 0.466 e. The van der Waals surface area contributed by atoms with Crippen LogP contribution in [0.5, 0.6) is 0 Å². The Bertz CT molecular complexity index is 1470. The van der Waals surface area contributed by atoms with Crippen LogP contribution in [0.2, 0.25) is 0 Å². The van der Waals surface area contributed by atoms with Crippen molar-refractivity contribution in [2.75, 3.05) is 19.8 Å². The highest BCUT2D eigenvalue weighted by Gasteiger charge is 2.44. The molecule has 11 heteroatoms. The van der Waals surface area contributed by atoms with Crippen molar-refractivity contribution in [3.8, 4) is 0 Å². The van der Waals surface area contributed by atoms with E-state index < -0.39 is 49.5 Å².